The molecule has 1 amide bonds. The van der Waals surface area contributed by atoms with E-state index in [1.807, 2.05) is 30.1 Å². The number of ketones is 1. The van der Waals surface area contributed by atoms with E-state index in [-0.39, 0.29) is 23.4 Å². The Hall–Kier alpha value is -4.67. The summed E-state index contributed by atoms with van der Waals surface area (Å²) in [6, 6.07) is 10.9. The van der Waals surface area contributed by atoms with Crippen molar-refractivity contribution in [2.75, 3.05) is 44.0 Å². The van der Waals surface area contributed by atoms with Gasteiger partial charge in [0.25, 0.3) is 0 Å². The van der Waals surface area contributed by atoms with Crippen LogP contribution in [0, 0.1) is 12.8 Å². The first-order chi connectivity index (χ1) is 19.8. The molecule has 0 saturated carbocycles. The number of carbonyl (C=O) groups excluding carboxylic acids is 2. The first-order valence-electron chi connectivity index (χ1n) is 13.6. The van der Waals surface area contributed by atoms with Gasteiger partial charge in [0.1, 0.15) is 23.6 Å². The van der Waals surface area contributed by atoms with Crippen molar-refractivity contribution in [2.24, 2.45) is 5.92 Å². The Morgan fingerprint density at radius 3 is 2.83 bits per heavy atom. The fraction of sp³-hybridized carbons (Fsp3) is 0.367. The number of hydrogen-bond donors (Lipinski definition) is 2. The van der Waals surface area contributed by atoms with E-state index in [9.17, 15) is 14.4 Å². The first kappa shape index (κ1) is 27.9. The maximum Gasteiger partial charge on any atom is 0.417 e. The molecule has 2 unspecified atom stereocenters. The Balaban J connectivity index is 1.27. The number of carbonyl (C=O) groups is 2. The minimum absolute atomic E-state index is 0.0843. The lowest BCUT2D eigenvalue weighted by Gasteiger charge is -2.41. The van der Waals surface area contributed by atoms with Crippen LogP contribution in [0.2, 0.25) is 0 Å². The lowest BCUT2D eigenvalue weighted by Crippen LogP contribution is -2.50. The first-order valence-corrected chi connectivity index (χ1v) is 13.6. The van der Waals surface area contributed by atoms with Gasteiger partial charge in [-0.05, 0) is 67.1 Å². The van der Waals surface area contributed by atoms with Crippen LogP contribution in [0.25, 0.3) is 11.1 Å². The molecule has 5 rings (SSSR count). The molecule has 0 radical (unpaired) electrons. The van der Waals surface area contributed by atoms with E-state index in [2.05, 4.69) is 32.1 Å². The Morgan fingerprint density at radius 1 is 1.27 bits per heavy atom. The molecule has 3 heterocycles. The van der Waals surface area contributed by atoms with E-state index < -0.39 is 5.76 Å². The molecule has 1 aliphatic rings. The lowest BCUT2D eigenvalue weighted by atomic mass is 9.92. The third-order valence-corrected chi connectivity index (χ3v) is 7.84. The summed E-state index contributed by atoms with van der Waals surface area (Å²) >= 11 is 0. The van der Waals surface area contributed by atoms with Crippen LogP contribution in [0.15, 0.2) is 51.9 Å². The average Bonchev–Trinajstić information content (AvgIpc) is 3.38. The molecule has 4 aromatic rings. The van der Waals surface area contributed by atoms with Crippen LogP contribution in [0.5, 0.6) is 5.75 Å². The number of piperidine rings is 1. The van der Waals surface area contributed by atoms with E-state index in [1.165, 1.54) is 6.33 Å². The Labute approximate surface area is 237 Å². The monoisotopic (exact) mass is 558 g/mol. The fourth-order valence-electron chi connectivity index (χ4n) is 5.67. The number of anilines is 2. The zero-order chi connectivity index (χ0) is 29.1. The number of nitrogens with one attached hydrogen (secondary N) is 2. The van der Waals surface area contributed by atoms with Crippen molar-refractivity contribution >= 4 is 34.8 Å². The summed E-state index contributed by atoms with van der Waals surface area (Å²) in [6.45, 7) is 5.90. The molecule has 11 nitrogen and oxygen atoms in total. The number of nitrogens with zero attached hydrogens (tertiary/aromatic N) is 4. The van der Waals surface area contributed by atoms with Gasteiger partial charge in [0.15, 0.2) is 5.58 Å². The third-order valence-electron chi connectivity index (χ3n) is 7.84. The van der Waals surface area contributed by atoms with Crippen LogP contribution in [0.3, 0.4) is 0 Å². The maximum absolute atomic E-state index is 13.3. The number of rotatable bonds is 10. The molecule has 2 atom stereocenters. The lowest BCUT2D eigenvalue weighted by molar-refractivity contribution is -0.121. The number of aromatic nitrogens is 3. The number of aryl methyl sites for hydroxylation is 1. The molecule has 1 fully saturated rings. The highest BCUT2D eigenvalue weighted by Gasteiger charge is 2.31. The average molecular weight is 559 g/mol. The summed E-state index contributed by atoms with van der Waals surface area (Å²) in [6.07, 6.45) is 3.82. The summed E-state index contributed by atoms with van der Waals surface area (Å²) in [5, 5.41) is 3.21. The number of fused-ring (bicyclic) bond motifs is 1. The molecule has 0 bridgehead atoms. The van der Waals surface area contributed by atoms with Crippen molar-refractivity contribution in [2.45, 2.75) is 32.7 Å². The van der Waals surface area contributed by atoms with E-state index in [0.717, 1.165) is 35.4 Å². The largest absolute Gasteiger partial charge is 0.497 e. The van der Waals surface area contributed by atoms with Crippen LogP contribution in [0.1, 0.15) is 40.5 Å². The molecule has 41 heavy (non-hydrogen) atoms. The smallest absolute Gasteiger partial charge is 0.417 e. The molecule has 0 spiro atoms. The van der Waals surface area contributed by atoms with Crippen LogP contribution in [-0.4, -0.2) is 71.9 Å². The highest BCUT2D eigenvalue weighted by Crippen LogP contribution is 2.28. The number of H-pyrrole nitrogens is 1. The van der Waals surface area contributed by atoms with Gasteiger partial charge in [-0.1, -0.05) is 6.92 Å². The van der Waals surface area contributed by atoms with Crippen molar-refractivity contribution in [1.82, 2.24) is 19.9 Å². The van der Waals surface area contributed by atoms with Gasteiger partial charge in [0.05, 0.1) is 12.6 Å². The van der Waals surface area contributed by atoms with Gasteiger partial charge >= 0.3 is 5.76 Å². The minimum Gasteiger partial charge on any atom is -0.497 e. The van der Waals surface area contributed by atoms with Crippen LogP contribution in [0.4, 0.5) is 11.5 Å². The predicted octanol–water partition coefficient (Wildman–Crippen LogP) is 3.42. The Kier molecular flexibility index (Phi) is 8.04. The zero-order valence-electron chi connectivity index (χ0n) is 23.6. The summed E-state index contributed by atoms with van der Waals surface area (Å²) in [7, 11) is 3.53. The zero-order valence-corrected chi connectivity index (χ0v) is 23.6. The number of oxazole rings is 1. The van der Waals surface area contributed by atoms with Crippen molar-refractivity contribution in [3.05, 3.63) is 75.7 Å². The molecule has 214 valence electrons. The maximum atomic E-state index is 13.3. The molecule has 0 aliphatic carbocycles. The Bertz CT molecular complexity index is 1630. The Morgan fingerprint density at radius 2 is 2.10 bits per heavy atom. The summed E-state index contributed by atoms with van der Waals surface area (Å²) in [4.78, 5) is 52.4. The molecule has 1 saturated heterocycles. The molecule has 2 N–H and O–H groups in total. The van der Waals surface area contributed by atoms with Crippen LogP contribution in [-0.2, 0) is 11.2 Å². The minimum atomic E-state index is -0.564. The molecular weight excluding hydrogens is 524 g/mol. The van der Waals surface area contributed by atoms with Crippen molar-refractivity contribution in [3.8, 4) is 5.75 Å². The quantitative estimate of drug-likeness (QED) is 0.222. The van der Waals surface area contributed by atoms with Gasteiger partial charge in [0.2, 0.25) is 12.2 Å². The summed E-state index contributed by atoms with van der Waals surface area (Å²) in [5.74, 6) is 0.778. The second-order valence-corrected chi connectivity index (χ2v) is 10.4. The van der Waals surface area contributed by atoms with E-state index in [4.69, 9.17) is 9.15 Å². The summed E-state index contributed by atoms with van der Waals surface area (Å²) in [5.41, 5.74) is 4.38. The number of hydrogen-bond acceptors (Lipinski definition) is 9. The number of amides is 1. The van der Waals surface area contributed by atoms with Gasteiger partial charge in [-0.3, -0.25) is 14.6 Å². The van der Waals surface area contributed by atoms with Gasteiger partial charge in [-0.15, -0.1) is 0 Å². The van der Waals surface area contributed by atoms with Gasteiger partial charge < -0.3 is 24.3 Å². The van der Waals surface area contributed by atoms with E-state index in [1.54, 1.807) is 32.2 Å². The van der Waals surface area contributed by atoms with Gasteiger partial charge in [0, 0.05) is 50.0 Å². The molecule has 11 heteroatoms. The SMILES string of the molecule is CNc1ccc(OC)cc1CCN(C=O)C1CCN(c2cc(C(=O)c3cc(C)c4[nH]c(=O)oc4c3)ncn2)CC1C. The molecule has 2 aromatic carbocycles. The fourth-order valence-corrected chi connectivity index (χ4v) is 5.67. The van der Waals surface area contributed by atoms with Crippen molar-refractivity contribution in [1.29, 1.82) is 0 Å². The van der Waals surface area contributed by atoms with Crippen molar-refractivity contribution < 1.29 is 18.7 Å². The van der Waals surface area contributed by atoms with E-state index in [0.29, 0.717) is 48.5 Å². The molecular formula is C30H34N6O5. The standard InChI is InChI=1S/C30H34N6O5/c1-18-11-21(13-26-28(18)34-30(39)41-26)29(38)24-14-27(33-16-32-24)35-10-8-25(19(2)15-35)36(17-37)9-7-20-12-22(40-4)5-6-23(20)31-3/h5-6,11-14,16-17,19,25,31H,7-10,15H2,1-4H3,(H,34,39). The predicted molar refractivity (Wildman–Crippen MR) is 156 cm³/mol. The van der Waals surface area contributed by atoms with E-state index >= 15 is 0 Å². The summed E-state index contributed by atoms with van der Waals surface area (Å²) < 4.78 is 10.5. The number of benzene rings is 2. The van der Waals surface area contributed by atoms with Crippen LogP contribution >= 0.6 is 0 Å². The van der Waals surface area contributed by atoms with Gasteiger partial charge in [-0.25, -0.2) is 14.8 Å². The second-order valence-electron chi connectivity index (χ2n) is 10.4. The third kappa shape index (κ3) is 5.79. The molecule has 1 aliphatic heterocycles. The number of ether oxygens (including phenoxy) is 1. The van der Waals surface area contributed by atoms with Crippen LogP contribution < -0.4 is 20.7 Å². The number of methoxy groups -OCH3 is 1. The highest BCUT2D eigenvalue weighted by atomic mass is 16.5. The van der Waals surface area contributed by atoms with Gasteiger partial charge in [-0.2, -0.15) is 0 Å². The highest BCUT2D eigenvalue weighted by molar-refractivity contribution is 6.09. The van der Waals surface area contributed by atoms with Crippen molar-refractivity contribution in [3.63, 3.8) is 0 Å². The normalized spacial score (nSPS) is 16.9. The second kappa shape index (κ2) is 11.8. The topological polar surface area (TPSA) is 134 Å². The number of aromatic amines is 1. The molecule has 2 aromatic heterocycles.